The molecule has 0 bridgehead atoms. The van der Waals surface area contributed by atoms with Gasteiger partial charge in [-0.15, -0.1) is 0 Å². The van der Waals surface area contributed by atoms with Crippen LogP contribution in [0, 0.1) is 28.5 Å². The number of para-hydroxylation sites is 1. The number of piperazine rings is 1. The number of anilines is 1. The van der Waals surface area contributed by atoms with E-state index in [1.54, 1.807) is 18.0 Å². The Kier molecular flexibility index (Phi) is 8.59. The number of halogens is 1. The van der Waals surface area contributed by atoms with Crippen LogP contribution >= 0.6 is 0 Å². The molecule has 1 aliphatic carbocycles. The van der Waals surface area contributed by atoms with Gasteiger partial charge in [0.25, 0.3) is 0 Å². The summed E-state index contributed by atoms with van der Waals surface area (Å²) in [6.07, 6.45) is 6.08. The lowest BCUT2D eigenvalue weighted by Crippen LogP contribution is -2.73. The second-order valence-corrected chi connectivity index (χ2v) is 13.1. The van der Waals surface area contributed by atoms with E-state index in [4.69, 9.17) is 4.74 Å². The Hall–Kier alpha value is -2.88. The molecule has 43 heavy (non-hydrogen) atoms. The Bertz CT molecular complexity index is 1290. The number of nitriles is 1. The van der Waals surface area contributed by atoms with Gasteiger partial charge in [0.05, 0.1) is 42.4 Å². The highest BCUT2D eigenvalue weighted by Gasteiger charge is 2.54. The van der Waals surface area contributed by atoms with Gasteiger partial charge in [-0.05, 0) is 69.8 Å². The van der Waals surface area contributed by atoms with Crippen molar-refractivity contribution in [2.45, 2.75) is 75.6 Å². The van der Waals surface area contributed by atoms with Crippen molar-refractivity contribution in [2.75, 3.05) is 51.8 Å². The van der Waals surface area contributed by atoms with Crippen LogP contribution in [0.15, 0.2) is 30.9 Å². The number of amides is 2. The summed E-state index contributed by atoms with van der Waals surface area (Å²) < 4.78 is 21.3. The van der Waals surface area contributed by atoms with E-state index in [0.717, 1.165) is 31.4 Å². The Balaban J connectivity index is 1.25. The van der Waals surface area contributed by atoms with E-state index < -0.39 is 11.8 Å². The molecule has 2 amide bonds. The first-order valence-corrected chi connectivity index (χ1v) is 15.7. The number of rotatable bonds is 6. The molecule has 0 radical (unpaired) electrons. The molecule has 1 spiro atoms. The molecule has 4 fully saturated rings. The summed E-state index contributed by atoms with van der Waals surface area (Å²) in [5, 5.41) is 17.0. The first-order chi connectivity index (χ1) is 20.7. The molecule has 2 N–H and O–H groups in total. The number of likely N-dealkylation sites (N-methyl/N-ethyl adjacent to an activating group) is 1. The van der Waals surface area contributed by atoms with E-state index >= 15 is 0 Å². The molecule has 4 heterocycles. The number of hydrogen-bond donors (Lipinski definition) is 2. The van der Waals surface area contributed by atoms with Crippen molar-refractivity contribution in [3.8, 4) is 6.07 Å². The topological polar surface area (TPSA) is 104 Å². The zero-order valence-corrected chi connectivity index (χ0v) is 25.3. The number of carbonyl (C=O) groups excluding carboxylic acids is 2. The molecule has 4 aliphatic heterocycles. The third-order valence-electron chi connectivity index (χ3n) is 10.7. The molecular formula is C32H44FN7O3. The van der Waals surface area contributed by atoms with E-state index in [-0.39, 0.29) is 48.2 Å². The monoisotopic (exact) mass is 593 g/mol. The zero-order valence-electron chi connectivity index (χ0n) is 25.3. The largest absolute Gasteiger partial charge is 0.348 e. The van der Waals surface area contributed by atoms with Crippen LogP contribution in [0.1, 0.15) is 44.1 Å². The highest BCUT2D eigenvalue weighted by molar-refractivity contribution is 6.00. The van der Waals surface area contributed by atoms with Gasteiger partial charge in [-0.3, -0.25) is 25.1 Å². The third-order valence-corrected chi connectivity index (χ3v) is 10.7. The number of hydrogen-bond acceptors (Lipinski definition) is 8. The van der Waals surface area contributed by atoms with Crippen LogP contribution in [0.5, 0.6) is 0 Å². The van der Waals surface area contributed by atoms with Crippen LogP contribution in [-0.2, 0) is 20.7 Å². The van der Waals surface area contributed by atoms with Gasteiger partial charge in [-0.25, -0.2) is 4.39 Å². The number of ether oxygens (including phenoxy) is 1. The standard InChI is InChI=1S/C32H44FN7O3/c1-4-27(41)40-16-15-39(19-22(40)11-13-34)29-24-10-12-32(17-21-7-5-9-25(33)28(21)38(3)30(32)42)18-26(24)35-31(36-29)43-20-23-8-6-14-37(23)2/h4-5,7,9,22-24,26,29,31,35-36H,1,6,8,10-12,14-20H2,2-3H3/t22-,23-,24?,26?,29?,31?,32-/m1/s1. The van der Waals surface area contributed by atoms with Gasteiger partial charge in [0.15, 0.2) is 6.35 Å². The second kappa shape index (κ2) is 12.3. The van der Waals surface area contributed by atoms with E-state index in [0.29, 0.717) is 57.2 Å². The first kappa shape index (κ1) is 30.2. The summed E-state index contributed by atoms with van der Waals surface area (Å²) in [6.45, 7) is 7.09. The fourth-order valence-electron chi connectivity index (χ4n) is 8.42. The summed E-state index contributed by atoms with van der Waals surface area (Å²) in [7, 11) is 3.83. The molecule has 1 aromatic rings. The second-order valence-electron chi connectivity index (χ2n) is 13.1. The Labute approximate surface area is 253 Å². The molecule has 3 saturated heterocycles. The Morgan fingerprint density at radius 3 is 2.81 bits per heavy atom. The molecule has 7 atom stereocenters. The lowest BCUT2D eigenvalue weighted by Gasteiger charge is -2.56. The van der Waals surface area contributed by atoms with Crippen molar-refractivity contribution in [3.63, 3.8) is 0 Å². The summed E-state index contributed by atoms with van der Waals surface area (Å²) in [5.74, 6) is -0.329. The molecule has 1 saturated carbocycles. The van der Waals surface area contributed by atoms with Crippen LogP contribution in [0.3, 0.4) is 0 Å². The molecule has 11 heteroatoms. The smallest absolute Gasteiger partial charge is 0.246 e. The van der Waals surface area contributed by atoms with Crippen LogP contribution < -0.4 is 15.5 Å². The van der Waals surface area contributed by atoms with Crippen LogP contribution in [0.25, 0.3) is 0 Å². The number of nitrogens with one attached hydrogen (secondary N) is 2. The van der Waals surface area contributed by atoms with Crippen LogP contribution in [0.2, 0.25) is 0 Å². The average molecular weight is 594 g/mol. The number of fused-ring (bicyclic) bond motifs is 2. The number of nitrogens with zero attached hydrogens (tertiary/aromatic N) is 5. The van der Waals surface area contributed by atoms with Crippen molar-refractivity contribution >= 4 is 17.5 Å². The van der Waals surface area contributed by atoms with Crippen molar-refractivity contribution < 1.29 is 18.7 Å². The van der Waals surface area contributed by atoms with Crippen LogP contribution in [-0.4, -0.2) is 104 Å². The van der Waals surface area contributed by atoms with Crippen molar-refractivity contribution in [1.82, 2.24) is 25.3 Å². The number of benzene rings is 1. The van der Waals surface area contributed by atoms with Gasteiger partial charge in [0.1, 0.15) is 5.82 Å². The molecular weight excluding hydrogens is 549 g/mol. The molecule has 4 unspecified atom stereocenters. The fraction of sp³-hybridized carbons (Fsp3) is 0.656. The van der Waals surface area contributed by atoms with E-state index in [1.807, 2.05) is 6.07 Å². The average Bonchev–Trinajstić information content (AvgIpc) is 3.42. The molecule has 10 nitrogen and oxygen atoms in total. The quantitative estimate of drug-likeness (QED) is 0.483. The predicted molar refractivity (Wildman–Crippen MR) is 160 cm³/mol. The Morgan fingerprint density at radius 1 is 1.23 bits per heavy atom. The summed E-state index contributed by atoms with van der Waals surface area (Å²) >= 11 is 0. The number of carbonyl (C=O) groups is 2. The van der Waals surface area contributed by atoms with E-state index in [2.05, 4.69) is 40.1 Å². The Morgan fingerprint density at radius 2 is 2.07 bits per heavy atom. The zero-order chi connectivity index (χ0) is 30.3. The summed E-state index contributed by atoms with van der Waals surface area (Å²) in [4.78, 5) is 34.5. The minimum absolute atomic E-state index is 0.000945. The van der Waals surface area contributed by atoms with E-state index in [1.165, 1.54) is 17.0 Å². The van der Waals surface area contributed by atoms with E-state index in [9.17, 15) is 19.2 Å². The summed E-state index contributed by atoms with van der Waals surface area (Å²) in [5.41, 5.74) is 0.666. The van der Waals surface area contributed by atoms with Crippen LogP contribution in [0.4, 0.5) is 10.1 Å². The lowest BCUT2D eigenvalue weighted by molar-refractivity contribution is -0.143. The lowest BCUT2D eigenvalue weighted by atomic mass is 9.62. The van der Waals surface area contributed by atoms with Crippen molar-refractivity contribution in [1.29, 1.82) is 5.26 Å². The molecule has 0 aromatic heterocycles. The first-order valence-electron chi connectivity index (χ1n) is 15.7. The maximum atomic E-state index is 14.8. The number of likely N-dealkylation sites (tertiary alicyclic amines) is 1. The van der Waals surface area contributed by atoms with Gasteiger partial charge in [-0.1, -0.05) is 18.7 Å². The van der Waals surface area contributed by atoms with Crippen molar-refractivity contribution in [3.05, 3.63) is 42.2 Å². The highest BCUT2D eigenvalue weighted by Crippen LogP contribution is 2.49. The maximum Gasteiger partial charge on any atom is 0.246 e. The SMILES string of the molecule is C=CC(=O)N1CCN(C2NC(OC[C@H]3CCCN3C)NC3C[C@@]4(CCC32)Cc2cccc(F)c2N(C)C4=O)C[C@H]1CC#N. The highest BCUT2D eigenvalue weighted by atomic mass is 19.1. The summed E-state index contributed by atoms with van der Waals surface area (Å²) in [6, 6.07) is 7.50. The molecule has 5 aliphatic rings. The fourth-order valence-corrected chi connectivity index (χ4v) is 8.42. The molecule has 1 aromatic carbocycles. The molecule has 232 valence electrons. The third kappa shape index (κ3) is 5.60. The van der Waals surface area contributed by atoms with Gasteiger partial charge in [0, 0.05) is 44.7 Å². The van der Waals surface area contributed by atoms with Gasteiger partial charge in [0.2, 0.25) is 11.8 Å². The van der Waals surface area contributed by atoms with Gasteiger partial charge >= 0.3 is 0 Å². The normalized spacial score (nSPS) is 35.0. The van der Waals surface area contributed by atoms with Crippen molar-refractivity contribution in [2.24, 2.45) is 11.3 Å². The minimum atomic E-state index is -0.611. The maximum absolute atomic E-state index is 14.8. The predicted octanol–water partition coefficient (Wildman–Crippen LogP) is 2.03. The van der Waals surface area contributed by atoms with Gasteiger partial charge in [-0.2, -0.15) is 5.26 Å². The van der Waals surface area contributed by atoms with Gasteiger partial charge < -0.3 is 19.4 Å². The molecule has 6 rings (SSSR count). The minimum Gasteiger partial charge on any atom is -0.348 e.